The Bertz CT molecular complexity index is 1020. The number of amides is 1. The first-order valence-corrected chi connectivity index (χ1v) is 10.2. The Labute approximate surface area is 170 Å². The van der Waals surface area contributed by atoms with Crippen LogP contribution in [0.25, 0.3) is 11.3 Å². The molecule has 0 saturated carbocycles. The highest BCUT2D eigenvalue weighted by Crippen LogP contribution is 2.43. The van der Waals surface area contributed by atoms with Crippen LogP contribution < -0.4 is 5.32 Å². The number of fused-ring (bicyclic) bond motifs is 1. The fourth-order valence-corrected chi connectivity index (χ4v) is 4.80. The Morgan fingerprint density at radius 3 is 2.52 bits per heavy atom. The van der Waals surface area contributed by atoms with Crippen molar-refractivity contribution in [2.45, 2.75) is 13.0 Å². The van der Waals surface area contributed by atoms with E-state index < -0.39 is 0 Å². The third-order valence-electron chi connectivity index (χ3n) is 6.15. The number of rotatable bonds is 3. The van der Waals surface area contributed by atoms with Crippen molar-refractivity contribution in [3.8, 4) is 11.3 Å². The highest BCUT2D eigenvalue weighted by molar-refractivity contribution is 6.00. The highest BCUT2D eigenvalue weighted by atomic mass is 16.2. The maximum absolute atomic E-state index is 13.8. The van der Waals surface area contributed by atoms with Gasteiger partial charge in [-0.15, -0.1) is 0 Å². The fourth-order valence-electron chi connectivity index (χ4n) is 4.80. The quantitative estimate of drug-likeness (QED) is 0.751. The van der Waals surface area contributed by atoms with Crippen molar-refractivity contribution in [2.24, 2.45) is 11.8 Å². The monoisotopic (exact) mass is 384 g/mol. The second-order valence-corrected chi connectivity index (χ2v) is 7.94. The molecule has 2 fully saturated rings. The minimum atomic E-state index is 0.0205. The number of hydrogen-bond donors (Lipinski definition) is 1. The molecule has 3 aromatic rings. The Morgan fingerprint density at radius 1 is 1.03 bits per heavy atom. The summed E-state index contributed by atoms with van der Waals surface area (Å²) in [5.41, 5.74) is 3.44. The Balaban J connectivity index is 1.57. The molecule has 5 rings (SSSR count). The molecule has 2 saturated heterocycles. The number of nitrogens with one attached hydrogen (secondary N) is 1. The number of nitrogens with zero attached hydrogens (tertiary/aromatic N) is 3. The van der Waals surface area contributed by atoms with Gasteiger partial charge in [-0.05, 0) is 18.4 Å². The Morgan fingerprint density at radius 2 is 1.76 bits per heavy atom. The van der Waals surface area contributed by atoms with Gasteiger partial charge < -0.3 is 10.2 Å². The molecule has 3 atom stereocenters. The van der Waals surface area contributed by atoms with Crippen LogP contribution in [0.1, 0.15) is 27.8 Å². The zero-order valence-corrected chi connectivity index (χ0v) is 16.5. The second-order valence-electron chi connectivity index (χ2n) is 7.94. The molecule has 1 aromatic heterocycles. The first-order valence-electron chi connectivity index (χ1n) is 10.2. The van der Waals surface area contributed by atoms with Gasteiger partial charge in [-0.2, -0.15) is 0 Å². The fraction of sp³-hybridized carbons (Fsp3) is 0.292. The van der Waals surface area contributed by atoms with Gasteiger partial charge in [0.25, 0.3) is 5.91 Å². The molecule has 2 aliphatic heterocycles. The number of aryl methyl sites for hydroxylation is 1. The zero-order chi connectivity index (χ0) is 19.8. The number of hydrogen-bond acceptors (Lipinski definition) is 4. The summed E-state index contributed by atoms with van der Waals surface area (Å²) in [7, 11) is 0. The highest BCUT2D eigenvalue weighted by Gasteiger charge is 2.47. The van der Waals surface area contributed by atoms with E-state index in [-0.39, 0.29) is 11.9 Å². The molecular weight excluding hydrogens is 360 g/mol. The van der Waals surface area contributed by atoms with Crippen LogP contribution in [0.15, 0.2) is 66.9 Å². The Hall–Kier alpha value is -3.05. The van der Waals surface area contributed by atoms with E-state index in [4.69, 9.17) is 0 Å². The van der Waals surface area contributed by atoms with Gasteiger partial charge in [-0.3, -0.25) is 4.79 Å². The van der Waals surface area contributed by atoms with Crippen molar-refractivity contribution in [3.63, 3.8) is 0 Å². The van der Waals surface area contributed by atoms with Crippen molar-refractivity contribution in [2.75, 3.05) is 19.6 Å². The summed E-state index contributed by atoms with van der Waals surface area (Å²) in [5, 5.41) is 3.51. The molecular formula is C24H24N4O. The summed E-state index contributed by atoms with van der Waals surface area (Å²) in [6.45, 7) is 4.54. The number of carbonyl (C=O) groups excluding carboxylic acids is 1. The maximum atomic E-state index is 13.8. The molecule has 1 amide bonds. The maximum Gasteiger partial charge on any atom is 0.258 e. The second kappa shape index (κ2) is 7.41. The van der Waals surface area contributed by atoms with Crippen LogP contribution in [-0.4, -0.2) is 40.4 Å². The van der Waals surface area contributed by atoms with E-state index >= 15 is 0 Å². The molecule has 0 spiro atoms. The standard InChI is InChI=1S/C24H24N4O/c1-16-26-14-21(22(27-16)17-8-4-2-5-9-17)24(29)28-15-19-12-25-13-20(19)23(28)18-10-6-3-7-11-18/h2-11,14,19-20,23,25H,12-13,15H2,1H3/t19-,20-,23-/m0/s1. The van der Waals surface area contributed by atoms with Gasteiger partial charge in [0.05, 0.1) is 17.3 Å². The van der Waals surface area contributed by atoms with Crippen molar-refractivity contribution < 1.29 is 4.79 Å². The first kappa shape index (κ1) is 18.0. The molecule has 1 N–H and O–H groups in total. The summed E-state index contributed by atoms with van der Waals surface area (Å²) in [5.74, 6) is 1.61. The van der Waals surface area contributed by atoms with Crippen LogP contribution in [0.3, 0.4) is 0 Å². The average molecular weight is 384 g/mol. The van der Waals surface area contributed by atoms with Crippen molar-refractivity contribution in [3.05, 3.63) is 83.8 Å². The van der Waals surface area contributed by atoms with Crippen molar-refractivity contribution >= 4 is 5.91 Å². The molecule has 3 heterocycles. The topological polar surface area (TPSA) is 58.1 Å². The summed E-state index contributed by atoms with van der Waals surface area (Å²) >= 11 is 0. The van der Waals surface area contributed by atoms with Gasteiger partial charge in [0.2, 0.25) is 0 Å². The molecule has 2 aromatic carbocycles. The van der Waals surface area contributed by atoms with Gasteiger partial charge in [-0.25, -0.2) is 9.97 Å². The van der Waals surface area contributed by atoms with Crippen LogP contribution >= 0.6 is 0 Å². The van der Waals surface area contributed by atoms with Crippen LogP contribution in [-0.2, 0) is 0 Å². The smallest absolute Gasteiger partial charge is 0.258 e. The lowest BCUT2D eigenvalue weighted by Crippen LogP contribution is -2.35. The lowest BCUT2D eigenvalue weighted by molar-refractivity contribution is 0.0714. The molecule has 29 heavy (non-hydrogen) atoms. The van der Waals surface area contributed by atoms with Gasteiger partial charge in [0, 0.05) is 37.3 Å². The molecule has 146 valence electrons. The predicted molar refractivity (Wildman–Crippen MR) is 112 cm³/mol. The number of likely N-dealkylation sites (tertiary alicyclic amines) is 1. The van der Waals surface area contributed by atoms with Gasteiger partial charge in [-0.1, -0.05) is 60.7 Å². The van der Waals surface area contributed by atoms with E-state index in [1.54, 1.807) is 6.20 Å². The number of benzene rings is 2. The minimum absolute atomic E-state index is 0.0205. The average Bonchev–Trinajstić information content (AvgIpc) is 3.36. The van der Waals surface area contributed by atoms with E-state index in [9.17, 15) is 4.79 Å². The Kier molecular flexibility index (Phi) is 4.60. The van der Waals surface area contributed by atoms with E-state index in [1.807, 2.05) is 48.2 Å². The summed E-state index contributed by atoms with van der Waals surface area (Å²) in [4.78, 5) is 24.8. The normalized spacial score (nSPS) is 23.2. The van der Waals surface area contributed by atoms with Crippen molar-refractivity contribution in [1.29, 1.82) is 0 Å². The summed E-state index contributed by atoms with van der Waals surface area (Å²) in [6.07, 6.45) is 1.70. The van der Waals surface area contributed by atoms with Gasteiger partial charge >= 0.3 is 0 Å². The molecule has 2 aliphatic rings. The predicted octanol–water partition coefficient (Wildman–Crippen LogP) is 3.48. The summed E-state index contributed by atoms with van der Waals surface area (Å²) < 4.78 is 0. The summed E-state index contributed by atoms with van der Waals surface area (Å²) in [6, 6.07) is 20.4. The van der Waals surface area contributed by atoms with Gasteiger partial charge in [0.15, 0.2) is 0 Å². The third kappa shape index (κ3) is 3.21. The van der Waals surface area contributed by atoms with E-state index in [1.165, 1.54) is 5.56 Å². The third-order valence-corrected chi connectivity index (χ3v) is 6.15. The molecule has 5 nitrogen and oxygen atoms in total. The number of carbonyl (C=O) groups is 1. The van der Waals surface area contributed by atoms with Crippen molar-refractivity contribution in [1.82, 2.24) is 20.2 Å². The molecule has 0 aliphatic carbocycles. The SMILES string of the molecule is Cc1ncc(C(=O)N2C[C@@H]3CNC[C@@H]3[C@@H]2c2ccccc2)c(-c2ccccc2)n1. The van der Waals surface area contributed by atoms with Crippen LogP contribution in [0, 0.1) is 18.8 Å². The molecule has 0 radical (unpaired) electrons. The van der Waals surface area contributed by atoms with E-state index in [0.717, 1.165) is 25.2 Å². The zero-order valence-electron chi connectivity index (χ0n) is 16.5. The van der Waals surface area contributed by atoms with Crippen LogP contribution in [0.4, 0.5) is 0 Å². The number of aromatic nitrogens is 2. The lowest BCUT2D eigenvalue weighted by Gasteiger charge is -2.29. The van der Waals surface area contributed by atoms with E-state index in [2.05, 4.69) is 39.6 Å². The van der Waals surface area contributed by atoms with E-state index in [0.29, 0.717) is 28.9 Å². The molecule has 0 unspecified atom stereocenters. The molecule has 5 heteroatoms. The molecule has 0 bridgehead atoms. The first-order chi connectivity index (χ1) is 14.2. The minimum Gasteiger partial charge on any atom is -0.331 e. The van der Waals surface area contributed by atoms with Crippen LogP contribution in [0.5, 0.6) is 0 Å². The van der Waals surface area contributed by atoms with Crippen LogP contribution in [0.2, 0.25) is 0 Å². The largest absolute Gasteiger partial charge is 0.331 e. The lowest BCUT2D eigenvalue weighted by atomic mass is 9.89. The van der Waals surface area contributed by atoms with Gasteiger partial charge in [0.1, 0.15) is 5.82 Å².